The molecule has 7 heteroatoms. The lowest BCUT2D eigenvalue weighted by molar-refractivity contribution is 0.292. The van der Waals surface area contributed by atoms with Crippen LogP contribution in [0.25, 0.3) is 0 Å². The third kappa shape index (κ3) is 3.95. The van der Waals surface area contributed by atoms with Crippen molar-refractivity contribution >= 4 is 17.6 Å². The predicted molar refractivity (Wildman–Crippen MR) is 81.0 cm³/mol. The molecule has 0 bridgehead atoms. The molecule has 3 N–H and O–H groups in total. The lowest BCUT2D eigenvalue weighted by atomic mass is 10.2. The highest BCUT2D eigenvalue weighted by molar-refractivity contribution is 5.60. The van der Waals surface area contributed by atoms with Crippen molar-refractivity contribution in [3.05, 3.63) is 23.8 Å². The largest absolute Gasteiger partial charge is 0.497 e. The molecule has 0 aliphatic rings. The summed E-state index contributed by atoms with van der Waals surface area (Å²) in [5, 5.41) is 3.10. The number of aryl methyl sites for hydroxylation is 1. The highest BCUT2D eigenvalue weighted by Gasteiger charge is 2.07. The zero-order chi connectivity index (χ0) is 15.2. The number of aromatic nitrogens is 3. The van der Waals surface area contributed by atoms with Crippen LogP contribution < -0.4 is 20.5 Å². The van der Waals surface area contributed by atoms with Gasteiger partial charge < -0.3 is 20.5 Å². The number of anilines is 3. The van der Waals surface area contributed by atoms with E-state index in [4.69, 9.17) is 15.2 Å². The zero-order valence-corrected chi connectivity index (χ0v) is 12.4. The fourth-order valence-corrected chi connectivity index (χ4v) is 1.71. The lowest BCUT2D eigenvalue weighted by Gasteiger charge is -2.11. The van der Waals surface area contributed by atoms with Crippen molar-refractivity contribution in [2.75, 3.05) is 24.8 Å². The van der Waals surface area contributed by atoms with Gasteiger partial charge in [0.15, 0.2) is 0 Å². The number of nitrogens with two attached hydrogens (primary N) is 1. The first-order valence-electron chi connectivity index (χ1n) is 6.68. The summed E-state index contributed by atoms with van der Waals surface area (Å²) in [6.45, 7) is 4.50. The molecule has 21 heavy (non-hydrogen) atoms. The summed E-state index contributed by atoms with van der Waals surface area (Å²) >= 11 is 0. The second-order valence-corrected chi connectivity index (χ2v) is 4.45. The molecule has 0 saturated heterocycles. The van der Waals surface area contributed by atoms with Gasteiger partial charge in [0, 0.05) is 5.69 Å². The quantitative estimate of drug-likeness (QED) is 0.842. The molecule has 0 aliphatic heterocycles. The molecule has 112 valence electrons. The molecule has 0 atom stereocenters. The van der Waals surface area contributed by atoms with Gasteiger partial charge in [0.05, 0.1) is 13.7 Å². The van der Waals surface area contributed by atoms with E-state index in [0.29, 0.717) is 12.6 Å². The SMILES string of the molecule is CCCOc1nc(N)nc(Nc2ccc(OC)cc2C)n1. The van der Waals surface area contributed by atoms with Crippen molar-refractivity contribution in [2.24, 2.45) is 0 Å². The minimum absolute atomic E-state index is 0.116. The van der Waals surface area contributed by atoms with Gasteiger partial charge in [-0.2, -0.15) is 15.0 Å². The van der Waals surface area contributed by atoms with E-state index in [1.807, 2.05) is 32.0 Å². The minimum atomic E-state index is 0.116. The Morgan fingerprint density at radius 1 is 1.24 bits per heavy atom. The summed E-state index contributed by atoms with van der Waals surface area (Å²) in [5.41, 5.74) is 7.53. The van der Waals surface area contributed by atoms with Crippen LogP contribution in [0.1, 0.15) is 18.9 Å². The second kappa shape index (κ2) is 6.74. The van der Waals surface area contributed by atoms with E-state index in [9.17, 15) is 0 Å². The zero-order valence-electron chi connectivity index (χ0n) is 12.4. The molecule has 0 radical (unpaired) electrons. The van der Waals surface area contributed by atoms with Gasteiger partial charge in [-0.1, -0.05) is 6.92 Å². The Morgan fingerprint density at radius 2 is 2.05 bits per heavy atom. The number of nitrogens with zero attached hydrogens (tertiary/aromatic N) is 3. The Hall–Kier alpha value is -2.57. The normalized spacial score (nSPS) is 10.2. The molecular weight excluding hydrogens is 270 g/mol. The van der Waals surface area contributed by atoms with E-state index in [1.165, 1.54) is 0 Å². The second-order valence-electron chi connectivity index (χ2n) is 4.45. The van der Waals surface area contributed by atoms with E-state index in [1.54, 1.807) is 7.11 Å². The Balaban J connectivity index is 2.20. The average molecular weight is 289 g/mol. The molecule has 0 unspecified atom stereocenters. The third-order valence-electron chi connectivity index (χ3n) is 2.75. The molecule has 1 aromatic carbocycles. The Morgan fingerprint density at radius 3 is 2.71 bits per heavy atom. The summed E-state index contributed by atoms with van der Waals surface area (Å²) in [5.74, 6) is 1.26. The van der Waals surface area contributed by atoms with Crippen molar-refractivity contribution in [2.45, 2.75) is 20.3 Å². The number of methoxy groups -OCH3 is 1. The number of ether oxygens (including phenoxy) is 2. The monoisotopic (exact) mass is 289 g/mol. The van der Waals surface area contributed by atoms with Crippen molar-refractivity contribution in [1.29, 1.82) is 0 Å². The fourth-order valence-electron chi connectivity index (χ4n) is 1.71. The molecule has 2 aromatic rings. The maximum Gasteiger partial charge on any atom is 0.323 e. The number of nitrogens with one attached hydrogen (secondary N) is 1. The van der Waals surface area contributed by atoms with Gasteiger partial charge in [0.1, 0.15) is 5.75 Å². The van der Waals surface area contributed by atoms with Crippen molar-refractivity contribution in [1.82, 2.24) is 15.0 Å². The summed E-state index contributed by atoms with van der Waals surface area (Å²) in [6.07, 6.45) is 0.867. The molecule has 7 nitrogen and oxygen atoms in total. The van der Waals surface area contributed by atoms with E-state index in [-0.39, 0.29) is 12.0 Å². The first kappa shape index (κ1) is 14.8. The molecular formula is C14H19N5O2. The third-order valence-corrected chi connectivity index (χ3v) is 2.75. The van der Waals surface area contributed by atoms with Crippen LogP contribution in [0, 0.1) is 6.92 Å². The number of nitrogen functional groups attached to an aromatic ring is 1. The van der Waals surface area contributed by atoms with Crippen LogP contribution in [0.5, 0.6) is 11.8 Å². The summed E-state index contributed by atoms with van der Waals surface area (Å²) < 4.78 is 10.6. The fraction of sp³-hybridized carbons (Fsp3) is 0.357. The van der Waals surface area contributed by atoms with Gasteiger partial charge in [-0.15, -0.1) is 0 Å². The Kier molecular flexibility index (Phi) is 4.76. The molecule has 0 aliphatic carbocycles. The Labute approximate surface area is 123 Å². The van der Waals surface area contributed by atoms with Crippen LogP contribution in [0.15, 0.2) is 18.2 Å². The van der Waals surface area contributed by atoms with E-state index < -0.39 is 0 Å². The van der Waals surface area contributed by atoms with Crippen LogP contribution in [-0.4, -0.2) is 28.7 Å². The first-order chi connectivity index (χ1) is 10.1. The molecule has 1 heterocycles. The first-order valence-corrected chi connectivity index (χ1v) is 6.68. The molecule has 0 fully saturated rings. The van der Waals surface area contributed by atoms with Crippen LogP contribution in [0.2, 0.25) is 0 Å². The topological polar surface area (TPSA) is 95.2 Å². The standard InChI is InChI=1S/C14H19N5O2/c1-4-7-21-14-18-12(15)17-13(19-14)16-11-6-5-10(20-3)8-9(11)2/h5-6,8H,4,7H2,1-3H3,(H3,15,16,17,18,19). The van der Waals surface area contributed by atoms with Crippen LogP contribution in [0.3, 0.4) is 0 Å². The highest BCUT2D eigenvalue weighted by Crippen LogP contribution is 2.23. The van der Waals surface area contributed by atoms with Gasteiger partial charge in [0.25, 0.3) is 0 Å². The van der Waals surface area contributed by atoms with Crippen LogP contribution in [-0.2, 0) is 0 Å². The maximum atomic E-state index is 5.67. The smallest absolute Gasteiger partial charge is 0.323 e. The average Bonchev–Trinajstić information content (AvgIpc) is 2.46. The number of rotatable bonds is 6. The minimum Gasteiger partial charge on any atom is -0.497 e. The molecule has 0 amide bonds. The van der Waals surface area contributed by atoms with E-state index in [0.717, 1.165) is 23.4 Å². The summed E-state index contributed by atoms with van der Waals surface area (Å²) in [7, 11) is 1.63. The van der Waals surface area contributed by atoms with Gasteiger partial charge >= 0.3 is 6.01 Å². The van der Waals surface area contributed by atoms with Crippen molar-refractivity contribution in [3.8, 4) is 11.8 Å². The van der Waals surface area contributed by atoms with Gasteiger partial charge in [0.2, 0.25) is 11.9 Å². The summed E-state index contributed by atoms with van der Waals surface area (Å²) in [6, 6.07) is 5.88. The maximum absolute atomic E-state index is 5.67. The van der Waals surface area contributed by atoms with E-state index >= 15 is 0 Å². The van der Waals surface area contributed by atoms with Crippen LogP contribution in [0.4, 0.5) is 17.6 Å². The van der Waals surface area contributed by atoms with Gasteiger partial charge in [-0.25, -0.2) is 0 Å². The molecule has 1 aromatic heterocycles. The van der Waals surface area contributed by atoms with Crippen LogP contribution >= 0.6 is 0 Å². The van der Waals surface area contributed by atoms with Crippen molar-refractivity contribution < 1.29 is 9.47 Å². The Bertz CT molecular complexity index is 618. The van der Waals surface area contributed by atoms with E-state index in [2.05, 4.69) is 20.3 Å². The van der Waals surface area contributed by atoms with Crippen molar-refractivity contribution in [3.63, 3.8) is 0 Å². The summed E-state index contributed by atoms with van der Waals surface area (Å²) in [4.78, 5) is 12.2. The number of hydrogen-bond acceptors (Lipinski definition) is 7. The lowest BCUT2D eigenvalue weighted by Crippen LogP contribution is -2.07. The molecule has 0 saturated carbocycles. The highest BCUT2D eigenvalue weighted by atomic mass is 16.5. The number of benzene rings is 1. The molecule has 0 spiro atoms. The molecule has 2 rings (SSSR count). The van der Waals surface area contributed by atoms with Gasteiger partial charge in [-0.3, -0.25) is 0 Å². The van der Waals surface area contributed by atoms with Gasteiger partial charge in [-0.05, 0) is 37.1 Å². The number of hydrogen-bond donors (Lipinski definition) is 2. The predicted octanol–water partition coefficient (Wildman–Crippen LogP) is 2.30.